The van der Waals surface area contributed by atoms with Gasteiger partial charge in [-0.1, -0.05) is 42.5 Å². The maximum atomic E-state index is 13.0. The molecule has 3 rings (SSSR count). The van der Waals surface area contributed by atoms with Gasteiger partial charge in [-0.2, -0.15) is 8.61 Å². The molecule has 0 unspecified atom stereocenters. The SMILES string of the molecule is COC(=O)c1ccccc1S(=O)(=O)N1CCN(S(=O)(=O)/C=C/c2ccccc2)CC1. The number of nitrogens with zero attached hydrogens (tertiary/aromatic N) is 2. The van der Waals surface area contributed by atoms with Crippen LogP contribution in [-0.4, -0.2) is 64.7 Å². The number of piperazine rings is 1. The Morgan fingerprint density at radius 1 is 0.867 bits per heavy atom. The zero-order valence-electron chi connectivity index (χ0n) is 16.3. The minimum absolute atomic E-state index is 0.0150. The molecule has 0 bridgehead atoms. The zero-order chi connectivity index (χ0) is 21.8. The Labute approximate surface area is 176 Å². The highest BCUT2D eigenvalue weighted by atomic mass is 32.2. The number of benzene rings is 2. The van der Waals surface area contributed by atoms with E-state index in [1.54, 1.807) is 18.2 Å². The van der Waals surface area contributed by atoms with Crippen molar-refractivity contribution in [3.63, 3.8) is 0 Å². The molecule has 8 nitrogen and oxygen atoms in total. The summed E-state index contributed by atoms with van der Waals surface area (Å²) in [7, 11) is -6.48. The molecule has 160 valence electrons. The average Bonchev–Trinajstić information content (AvgIpc) is 2.78. The van der Waals surface area contributed by atoms with E-state index < -0.39 is 26.0 Å². The van der Waals surface area contributed by atoms with E-state index in [1.165, 1.54) is 40.0 Å². The van der Waals surface area contributed by atoms with Gasteiger partial charge in [0, 0.05) is 31.6 Å². The van der Waals surface area contributed by atoms with Gasteiger partial charge in [0.1, 0.15) is 0 Å². The normalized spacial score (nSPS) is 16.6. The summed E-state index contributed by atoms with van der Waals surface area (Å²) < 4.78 is 58.3. The minimum Gasteiger partial charge on any atom is -0.465 e. The zero-order valence-corrected chi connectivity index (χ0v) is 18.0. The van der Waals surface area contributed by atoms with E-state index in [9.17, 15) is 21.6 Å². The van der Waals surface area contributed by atoms with Crippen LogP contribution in [0.3, 0.4) is 0 Å². The van der Waals surface area contributed by atoms with E-state index in [-0.39, 0.29) is 36.6 Å². The highest BCUT2D eigenvalue weighted by Crippen LogP contribution is 2.23. The van der Waals surface area contributed by atoms with Gasteiger partial charge in [-0.05, 0) is 23.8 Å². The standard InChI is InChI=1S/C20H22N2O6S2/c1-28-20(23)18-9-5-6-10-19(18)30(26,27)22-14-12-21(13-15-22)29(24,25)16-11-17-7-3-2-4-8-17/h2-11,16H,12-15H2,1H3/b16-11+. The lowest BCUT2D eigenvalue weighted by atomic mass is 10.2. The van der Waals surface area contributed by atoms with Crippen LogP contribution in [0.2, 0.25) is 0 Å². The molecule has 10 heteroatoms. The third-order valence-corrected chi connectivity index (χ3v) is 8.22. The van der Waals surface area contributed by atoms with E-state index in [1.807, 2.05) is 18.2 Å². The van der Waals surface area contributed by atoms with Crippen LogP contribution in [0.5, 0.6) is 0 Å². The van der Waals surface area contributed by atoms with Gasteiger partial charge in [0.2, 0.25) is 20.0 Å². The fraction of sp³-hybridized carbons (Fsp3) is 0.250. The summed E-state index contributed by atoms with van der Waals surface area (Å²) in [5, 5.41) is 1.12. The number of rotatable bonds is 6. The Hall–Kier alpha value is -2.53. The fourth-order valence-electron chi connectivity index (χ4n) is 3.09. The Kier molecular flexibility index (Phi) is 6.71. The molecule has 0 atom stereocenters. The maximum Gasteiger partial charge on any atom is 0.339 e. The van der Waals surface area contributed by atoms with E-state index in [2.05, 4.69) is 4.74 Å². The number of methoxy groups -OCH3 is 1. The second kappa shape index (κ2) is 9.09. The van der Waals surface area contributed by atoms with Gasteiger partial charge >= 0.3 is 5.97 Å². The Morgan fingerprint density at radius 2 is 1.43 bits per heavy atom. The Balaban J connectivity index is 1.74. The first-order chi connectivity index (χ1) is 14.3. The quantitative estimate of drug-likeness (QED) is 0.622. The van der Waals surface area contributed by atoms with Crippen molar-refractivity contribution >= 4 is 32.1 Å². The van der Waals surface area contributed by atoms with Gasteiger partial charge in [-0.3, -0.25) is 0 Å². The molecule has 2 aromatic rings. The minimum atomic E-state index is -3.98. The summed E-state index contributed by atoms with van der Waals surface area (Å²) in [5.41, 5.74) is 0.697. The molecule has 0 radical (unpaired) electrons. The van der Waals surface area contributed by atoms with Gasteiger partial charge in [-0.15, -0.1) is 0 Å². The number of hydrogen-bond donors (Lipinski definition) is 0. The summed E-state index contributed by atoms with van der Waals surface area (Å²) in [6.45, 7) is -0.00529. The van der Waals surface area contributed by atoms with Crippen molar-refractivity contribution in [3.8, 4) is 0 Å². The van der Waals surface area contributed by atoms with Gasteiger partial charge in [-0.25, -0.2) is 21.6 Å². The highest BCUT2D eigenvalue weighted by molar-refractivity contribution is 7.92. The summed E-state index contributed by atoms with van der Waals surface area (Å²) in [5.74, 6) is -0.749. The molecule has 0 amide bonds. The third-order valence-electron chi connectivity index (χ3n) is 4.70. The van der Waals surface area contributed by atoms with Crippen LogP contribution in [0.1, 0.15) is 15.9 Å². The first-order valence-electron chi connectivity index (χ1n) is 9.16. The van der Waals surface area contributed by atoms with Crippen LogP contribution < -0.4 is 0 Å². The van der Waals surface area contributed by atoms with Gasteiger partial charge in [0.05, 0.1) is 17.6 Å². The molecule has 0 aromatic heterocycles. The molecule has 0 aliphatic carbocycles. The second-order valence-corrected chi connectivity index (χ2v) is 10.3. The average molecular weight is 451 g/mol. The molecule has 1 aliphatic rings. The largest absolute Gasteiger partial charge is 0.465 e. The van der Waals surface area contributed by atoms with Crippen molar-refractivity contribution in [2.75, 3.05) is 33.3 Å². The Bertz CT molecular complexity index is 1140. The maximum absolute atomic E-state index is 13.0. The molecule has 0 N–H and O–H groups in total. The number of ether oxygens (including phenoxy) is 1. The van der Waals surface area contributed by atoms with E-state index >= 15 is 0 Å². The highest BCUT2D eigenvalue weighted by Gasteiger charge is 2.34. The molecule has 2 aromatic carbocycles. The summed E-state index contributed by atoms with van der Waals surface area (Å²) in [4.78, 5) is 11.8. The van der Waals surface area contributed by atoms with Crippen molar-refractivity contribution in [2.45, 2.75) is 4.90 Å². The van der Waals surface area contributed by atoms with Gasteiger partial charge in [0.15, 0.2) is 0 Å². The van der Waals surface area contributed by atoms with Crippen LogP contribution in [0.25, 0.3) is 6.08 Å². The number of carbonyl (C=O) groups is 1. The third kappa shape index (κ3) is 4.78. The van der Waals surface area contributed by atoms with Crippen LogP contribution in [0, 0.1) is 0 Å². The van der Waals surface area contributed by atoms with E-state index in [4.69, 9.17) is 0 Å². The van der Waals surface area contributed by atoms with E-state index in [0.717, 1.165) is 11.0 Å². The van der Waals surface area contributed by atoms with Crippen molar-refractivity contribution in [3.05, 3.63) is 71.1 Å². The summed E-state index contributed by atoms with van der Waals surface area (Å²) in [6.07, 6.45) is 1.51. The lowest BCUT2D eigenvalue weighted by Crippen LogP contribution is -2.50. The van der Waals surface area contributed by atoms with Crippen molar-refractivity contribution in [1.29, 1.82) is 0 Å². The van der Waals surface area contributed by atoms with Crippen LogP contribution in [0.15, 0.2) is 64.9 Å². The molecule has 1 heterocycles. The van der Waals surface area contributed by atoms with E-state index in [0.29, 0.717) is 0 Å². The van der Waals surface area contributed by atoms with Gasteiger partial charge in [0.25, 0.3) is 0 Å². The second-order valence-electron chi connectivity index (χ2n) is 6.55. The van der Waals surface area contributed by atoms with Crippen molar-refractivity contribution in [1.82, 2.24) is 8.61 Å². The summed E-state index contributed by atoms with van der Waals surface area (Å²) >= 11 is 0. The van der Waals surface area contributed by atoms with Crippen LogP contribution >= 0.6 is 0 Å². The molecule has 1 saturated heterocycles. The first kappa shape index (κ1) is 22.2. The topological polar surface area (TPSA) is 101 Å². The molecule has 0 spiro atoms. The predicted molar refractivity (Wildman–Crippen MR) is 113 cm³/mol. The molecular formula is C20H22N2O6S2. The number of sulfonamides is 2. The Morgan fingerprint density at radius 3 is 2.07 bits per heavy atom. The number of hydrogen-bond acceptors (Lipinski definition) is 6. The lowest BCUT2D eigenvalue weighted by Gasteiger charge is -2.32. The van der Waals surface area contributed by atoms with Crippen molar-refractivity contribution < 1.29 is 26.4 Å². The smallest absolute Gasteiger partial charge is 0.339 e. The summed E-state index contributed by atoms with van der Waals surface area (Å²) in [6, 6.07) is 14.8. The molecule has 30 heavy (non-hydrogen) atoms. The van der Waals surface area contributed by atoms with Crippen LogP contribution in [-0.2, 0) is 24.8 Å². The molecule has 1 aliphatic heterocycles. The van der Waals surface area contributed by atoms with Crippen LogP contribution in [0.4, 0.5) is 0 Å². The lowest BCUT2D eigenvalue weighted by molar-refractivity contribution is 0.0596. The molecule has 0 saturated carbocycles. The first-order valence-corrected chi connectivity index (χ1v) is 12.1. The predicted octanol–water partition coefficient (Wildman–Crippen LogP) is 1.78. The number of carbonyl (C=O) groups excluding carboxylic acids is 1. The van der Waals surface area contributed by atoms with Gasteiger partial charge < -0.3 is 4.74 Å². The fourth-order valence-corrected chi connectivity index (χ4v) is 5.86. The number of esters is 1. The van der Waals surface area contributed by atoms with Crippen molar-refractivity contribution in [2.24, 2.45) is 0 Å². The molecular weight excluding hydrogens is 428 g/mol. The monoisotopic (exact) mass is 450 g/mol. The molecule has 1 fully saturated rings.